The van der Waals surface area contributed by atoms with Crippen LogP contribution in [0.5, 0.6) is 5.75 Å². The van der Waals surface area contributed by atoms with Crippen LogP contribution in [0.25, 0.3) is 0 Å². The molecule has 2 aromatic rings. The molecular formula is C20H20BrClN2O6. The first-order valence-corrected chi connectivity index (χ1v) is 10.0. The first-order valence-electron chi connectivity index (χ1n) is 8.88. The Labute approximate surface area is 186 Å². The monoisotopic (exact) mass is 498 g/mol. The van der Waals surface area contributed by atoms with Crippen molar-refractivity contribution in [1.82, 2.24) is 9.80 Å². The van der Waals surface area contributed by atoms with Gasteiger partial charge in [-0.15, -0.1) is 0 Å². The summed E-state index contributed by atoms with van der Waals surface area (Å²) in [6.45, 7) is 3.56. The summed E-state index contributed by atoms with van der Waals surface area (Å²) < 4.78 is 0.949. The van der Waals surface area contributed by atoms with Gasteiger partial charge in [0.2, 0.25) is 0 Å². The third-order valence-corrected chi connectivity index (χ3v) is 5.08. The number of halogens is 2. The van der Waals surface area contributed by atoms with Gasteiger partial charge in [-0.2, -0.15) is 0 Å². The van der Waals surface area contributed by atoms with Gasteiger partial charge in [-0.25, -0.2) is 9.59 Å². The molecule has 0 bridgehead atoms. The van der Waals surface area contributed by atoms with Crippen molar-refractivity contribution >= 4 is 45.4 Å². The maximum atomic E-state index is 12.5. The molecule has 0 unspecified atom stereocenters. The molecule has 160 valence electrons. The molecule has 0 radical (unpaired) electrons. The first kappa shape index (κ1) is 23.7. The lowest BCUT2D eigenvalue weighted by Gasteiger charge is -2.35. The van der Waals surface area contributed by atoms with Crippen LogP contribution in [-0.4, -0.2) is 69.1 Å². The number of piperazine rings is 1. The molecule has 0 atom stereocenters. The van der Waals surface area contributed by atoms with Crippen LogP contribution in [0.1, 0.15) is 15.9 Å². The maximum Gasteiger partial charge on any atom is 0.414 e. The number of phenolic OH excluding ortho intramolecular Hbond substituents is 1. The smallest absolute Gasteiger partial charge is 0.414 e. The number of carbonyl (C=O) groups excluding carboxylic acids is 1. The summed E-state index contributed by atoms with van der Waals surface area (Å²) in [7, 11) is 0. The predicted octanol–water partition coefficient (Wildman–Crippen LogP) is 2.92. The molecule has 3 N–H and O–H groups in total. The van der Waals surface area contributed by atoms with Crippen molar-refractivity contribution in [2.24, 2.45) is 0 Å². The summed E-state index contributed by atoms with van der Waals surface area (Å²) >= 11 is 9.39. The lowest BCUT2D eigenvalue weighted by atomic mass is 10.1. The highest BCUT2D eigenvalue weighted by atomic mass is 79.9. The Bertz CT molecular complexity index is 919. The van der Waals surface area contributed by atoms with E-state index >= 15 is 0 Å². The van der Waals surface area contributed by atoms with Crippen LogP contribution in [0.4, 0.5) is 0 Å². The topological polar surface area (TPSA) is 118 Å². The largest absolute Gasteiger partial charge is 0.508 e. The molecule has 1 aliphatic rings. The summed E-state index contributed by atoms with van der Waals surface area (Å²) in [4.78, 5) is 34.8. The van der Waals surface area contributed by atoms with E-state index in [-0.39, 0.29) is 5.91 Å². The number of carboxylic acid groups (broad SMARTS) is 2. The minimum absolute atomic E-state index is 0.0162. The van der Waals surface area contributed by atoms with E-state index in [2.05, 4.69) is 20.8 Å². The molecule has 30 heavy (non-hydrogen) atoms. The van der Waals surface area contributed by atoms with E-state index in [4.69, 9.17) is 31.4 Å². The van der Waals surface area contributed by atoms with E-state index < -0.39 is 11.9 Å². The average molecular weight is 500 g/mol. The van der Waals surface area contributed by atoms with E-state index in [9.17, 15) is 9.90 Å². The van der Waals surface area contributed by atoms with Crippen LogP contribution in [0.3, 0.4) is 0 Å². The Hall–Kier alpha value is -2.62. The molecule has 10 heteroatoms. The Morgan fingerprint density at radius 3 is 2.17 bits per heavy atom. The summed E-state index contributed by atoms with van der Waals surface area (Å²) in [6.07, 6.45) is 0. The first-order chi connectivity index (χ1) is 14.2. The van der Waals surface area contributed by atoms with Crippen LogP contribution >= 0.6 is 27.5 Å². The lowest BCUT2D eigenvalue weighted by molar-refractivity contribution is -0.159. The molecule has 0 aromatic heterocycles. The minimum Gasteiger partial charge on any atom is -0.508 e. The van der Waals surface area contributed by atoms with E-state index in [1.54, 1.807) is 30.3 Å². The molecule has 0 saturated carbocycles. The fraction of sp³-hybridized carbons (Fsp3) is 0.250. The Morgan fingerprint density at radius 1 is 0.967 bits per heavy atom. The Morgan fingerprint density at radius 2 is 1.60 bits per heavy atom. The van der Waals surface area contributed by atoms with Gasteiger partial charge in [0.15, 0.2) is 0 Å². The van der Waals surface area contributed by atoms with Gasteiger partial charge < -0.3 is 20.2 Å². The van der Waals surface area contributed by atoms with E-state index in [1.807, 2.05) is 17.0 Å². The number of aromatic hydroxyl groups is 1. The van der Waals surface area contributed by atoms with Crippen molar-refractivity contribution in [3.05, 3.63) is 63.1 Å². The second-order valence-corrected chi connectivity index (χ2v) is 7.81. The van der Waals surface area contributed by atoms with Gasteiger partial charge in [0.05, 0.1) is 0 Å². The minimum atomic E-state index is -1.82. The highest BCUT2D eigenvalue weighted by Gasteiger charge is 2.22. The predicted molar refractivity (Wildman–Crippen MR) is 114 cm³/mol. The fourth-order valence-electron chi connectivity index (χ4n) is 2.83. The van der Waals surface area contributed by atoms with E-state index in [1.165, 1.54) is 0 Å². The van der Waals surface area contributed by atoms with Crippen LogP contribution in [0.15, 0.2) is 46.9 Å². The van der Waals surface area contributed by atoms with Gasteiger partial charge >= 0.3 is 11.9 Å². The SMILES string of the molecule is O=C(O)C(=O)O.O=C(c1cccc(Cl)c1)N1CCN(Cc2cc(Br)ccc2O)CC1. The zero-order valence-electron chi connectivity index (χ0n) is 15.8. The number of aliphatic carboxylic acids is 2. The number of carbonyl (C=O) groups is 3. The van der Waals surface area contributed by atoms with Crippen LogP contribution in [-0.2, 0) is 16.1 Å². The second kappa shape index (κ2) is 11.0. The highest BCUT2D eigenvalue weighted by Crippen LogP contribution is 2.24. The number of carboxylic acids is 2. The number of benzene rings is 2. The number of rotatable bonds is 3. The molecule has 1 amide bonds. The number of phenols is 1. The van der Waals surface area contributed by atoms with E-state index in [0.29, 0.717) is 36.0 Å². The summed E-state index contributed by atoms with van der Waals surface area (Å²) in [5.74, 6) is -3.33. The molecule has 8 nitrogen and oxygen atoms in total. The zero-order chi connectivity index (χ0) is 22.3. The molecule has 1 fully saturated rings. The van der Waals surface area contributed by atoms with Gasteiger partial charge in [0.1, 0.15) is 5.75 Å². The number of hydrogen-bond acceptors (Lipinski definition) is 5. The number of hydrogen-bond donors (Lipinski definition) is 3. The second-order valence-electron chi connectivity index (χ2n) is 6.46. The van der Waals surface area contributed by atoms with Crippen molar-refractivity contribution in [3.8, 4) is 5.75 Å². The fourth-order valence-corrected chi connectivity index (χ4v) is 3.43. The van der Waals surface area contributed by atoms with Gasteiger partial charge in [-0.3, -0.25) is 9.69 Å². The quantitative estimate of drug-likeness (QED) is 0.556. The number of amides is 1. The van der Waals surface area contributed by atoms with Crippen molar-refractivity contribution in [2.75, 3.05) is 26.2 Å². The van der Waals surface area contributed by atoms with Crippen molar-refractivity contribution in [2.45, 2.75) is 6.54 Å². The molecule has 1 saturated heterocycles. The third-order valence-electron chi connectivity index (χ3n) is 4.35. The summed E-state index contributed by atoms with van der Waals surface area (Å²) in [5.41, 5.74) is 1.51. The van der Waals surface area contributed by atoms with Crippen molar-refractivity contribution < 1.29 is 29.7 Å². The maximum absolute atomic E-state index is 12.5. The Balaban J connectivity index is 0.000000469. The van der Waals surface area contributed by atoms with Crippen LogP contribution < -0.4 is 0 Å². The van der Waals surface area contributed by atoms with Crippen molar-refractivity contribution in [3.63, 3.8) is 0 Å². The van der Waals surface area contributed by atoms with E-state index in [0.717, 1.165) is 23.1 Å². The van der Waals surface area contributed by atoms with Gasteiger partial charge in [-0.1, -0.05) is 33.6 Å². The standard InChI is InChI=1S/C18H18BrClN2O2.C2H2O4/c19-15-4-5-17(23)14(10-15)12-21-6-8-22(9-7-21)18(24)13-2-1-3-16(20)11-13;3-1(4)2(5)6/h1-5,10-11,23H,6-9,12H2;(H,3,4)(H,5,6). The molecule has 0 aliphatic carbocycles. The zero-order valence-corrected chi connectivity index (χ0v) is 18.1. The summed E-state index contributed by atoms with van der Waals surface area (Å²) in [6, 6.07) is 12.5. The van der Waals surface area contributed by atoms with Gasteiger partial charge in [-0.05, 0) is 36.4 Å². The average Bonchev–Trinajstić information content (AvgIpc) is 2.71. The van der Waals surface area contributed by atoms with Crippen molar-refractivity contribution in [1.29, 1.82) is 0 Å². The normalized spacial score (nSPS) is 13.9. The van der Waals surface area contributed by atoms with Gasteiger partial charge in [0.25, 0.3) is 5.91 Å². The number of nitrogens with zero attached hydrogens (tertiary/aromatic N) is 2. The lowest BCUT2D eigenvalue weighted by Crippen LogP contribution is -2.48. The Kier molecular flexibility index (Phi) is 8.64. The van der Waals surface area contributed by atoms with Gasteiger partial charge in [0, 0.05) is 53.3 Å². The molecule has 2 aromatic carbocycles. The molecule has 1 heterocycles. The van der Waals surface area contributed by atoms with Crippen LogP contribution in [0.2, 0.25) is 5.02 Å². The molecule has 0 spiro atoms. The molecule has 3 rings (SSSR count). The summed E-state index contributed by atoms with van der Waals surface area (Å²) in [5, 5.41) is 25.3. The van der Waals surface area contributed by atoms with Crippen LogP contribution in [0, 0.1) is 0 Å². The molecular weight excluding hydrogens is 480 g/mol. The third kappa shape index (κ3) is 7.01. The highest BCUT2D eigenvalue weighted by molar-refractivity contribution is 9.10. The molecule has 1 aliphatic heterocycles.